The van der Waals surface area contributed by atoms with Gasteiger partial charge in [-0.1, -0.05) is 23.7 Å². The van der Waals surface area contributed by atoms with Crippen molar-refractivity contribution in [3.8, 4) is 0 Å². The molecule has 5 nitrogen and oxygen atoms in total. The van der Waals surface area contributed by atoms with Gasteiger partial charge in [-0.3, -0.25) is 0 Å². The standard InChI is InChI=1S/C10H8ClN3O2/c11-8-3-1-2-7(4-8)6-14-12-5-9(13-14)10(15)16/h1-5H,6H2,(H,15,16). The molecule has 0 bridgehead atoms. The van der Waals surface area contributed by atoms with Gasteiger partial charge in [-0.05, 0) is 17.7 Å². The summed E-state index contributed by atoms with van der Waals surface area (Å²) < 4.78 is 0. The molecule has 2 aromatic rings. The van der Waals surface area contributed by atoms with E-state index in [1.54, 1.807) is 12.1 Å². The molecule has 0 aliphatic rings. The maximum absolute atomic E-state index is 10.6. The summed E-state index contributed by atoms with van der Waals surface area (Å²) in [7, 11) is 0. The van der Waals surface area contributed by atoms with E-state index in [4.69, 9.17) is 16.7 Å². The van der Waals surface area contributed by atoms with E-state index in [1.807, 2.05) is 12.1 Å². The van der Waals surface area contributed by atoms with Crippen molar-refractivity contribution in [1.82, 2.24) is 15.0 Å². The quantitative estimate of drug-likeness (QED) is 0.882. The van der Waals surface area contributed by atoms with Crippen LogP contribution in [0.1, 0.15) is 16.1 Å². The smallest absolute Gasteiger partial charge is 0.358 e. The molecule has 0 saturated heterocycles. The van der Waals surface area contributed by atoms with Gasteiger partial charge in [-0.15, -0.1) is 5.10 Å². The van der Waals surface area contributed by atoms with Crippen molar-refractivity contribution in [2.75, 3.05) is 0 Å². The second kappa shape index (κ2) is 4.32. The number of nitrogens with zero attached hydrogens (tertiary/aromatic N) is 3. The Balaban J connectivity index is 2.17. The molecule has 0 amide bonds. The monoisotopic (exact) mass is 237 g/mol. The fourth-order valence-corrected chi connectivity index (χ4v) is 1.48. The highest BCUT2D eigenvalue weighted by atomic mass is 35.5. The van der Waals surface area contributed by atoms with E-state index in [9.17, 15) is 4.79 Å². The number of hydrogen-bond donors (Lipinski definition) is 1. The van der Waals surface area contributed by atoms with Crippen molar-refractivity contribution < 1.29 is 9.90 Å². The molecule has 1 aromatic carbocycles. The number of aromatic nitrogens is 3. The van der Waals surface area contributed by atoms with Crippen LogP contribution in [0, 0.1) is 0 Å². The van der Waals surface area contributed by atoms with Crippen LogP contribution < -0.4 is 0 Å². The van der Waals surface area contributed by atoms with Crippen LogP contribution in [0.5, 0.6) is 0 Å². The molecule has 0 aliphatic heterocycles. The van der Waals surface area contributed by atoms with E-state index in [2.05, 4.69) is 10.2 Å². The van der Waals surface area contributed by atoms with Gasteiger partial charge < -0.3 is 5.11 Å². The van der Waals surface area contributed by atoms with Crippen LogP contribution in [-0.4, -0.2) is 26.1 Å². The Morgan fingerprint density at radius 2 is 2.31 bits per heavy atom. The van der Waals surface area contributed by atoms with E-state index in [0.717, 1.165) is 5.56 Å². The Morgan fingerprint density at radius 1 is 1.50 bits per heavy atom. The Hall–Kier alpha value is -1.88. The lowest BCUT2D eigenvalue weighted by Gasteiger charge is -2.00. The van der Waals surface area contributed by atoms with Gasteiger partial charge in [0.25, 0.3) is 0 Å². The average Bonchev–Trinajstić information content (AvgIpc) is 2.66. The van der Waals surface area contributed by atoms with Crippen LogP contribution >= 0.6 is 11.6 Å². The molecule has 0 unspecified atom stereocenters. The fraction of sp³-hybridized carbons (Fsp3) is 0.100. The first-order valence-electron chi connectivity index (χ1n) is 4.53. The SMILES string of the molecule is O=C(O)c1cnn(Cc2cccc(Cl)c2)n1. The van der Waals surface area contributed by atoms with Crippen molar-refractivity contribution >= 4 is 17.6 Å². The van der Waals surface area contributed by atoms with Crippen LogP contribution in [-0.2, 0) is 6.54 Å². The highest BCUT2D eigenvalue weighted by Gasteiger charge is 2.08. The van der Waals surface area contributed by atoms with E-state index < -0.39 is 5.97 Å². The number of carboxylic acids is 1. The largest absolute Gasteiger partial charge is 0.476 e. The third-order valence-electron chi connectivity index (χ3n) is 1.97. The molecule has 0 radical (unpaired) electrons. The van der Waals surface area contributed by atoms with Gasteiger partial charge in [0.2, 0.25) is 0 Å². The van der Waals surface area contributed by atoms with Crippen molar-refractivity contribution in [2.45, 2.75) is 6.54 Å². The first-order chi connectivity index (χ1) is 7.65. The first-order valence-corrected chi connectivity index (χ1v) is 4.91. The molecule has 0 fully saturated rings. The molecule has 6 heteroatoms. The number of aromatic carboxylic acids is 1. The minimum atomic E-state index is -1.09. The zero-order valence-corrected chi connectivity index (χ0v) is 8.92. The summed E-state index contributed by atoms with van der Waals surface area (Å²) in [6, 6.07) is 7.24. The molecule has 1 heterocycles. The van der Waals surface area contributed by atoms with Gasteiger partial charge in [0.1, 0.15) is 0 Å². The summed E-state index contributed by atoms with van der Waals surface area (Å²) in [5, 5.41) is 16.9. The number of rotatable bonds is 3. The molecule has 1 N–H and O–H groups in total. The van der Waals surface area contributed by atoms with E-state index in [1.165, 1.54) is 11.0 Å². The fourth-order valence-electron chi connectivity index (χ4n) is 1.27. The minimum absolute atomic E-state index is 0.0676. The highest BCUT2D eigenvalue weighted by Crippen LogP contribution is 2.11. The molecule has 0 spiro atoms. The second-order valence-electron chi connectivity index (χ2n) is 3.20. The van der Waals surface area contributed by atoms with Crippen LogP contribution in [0.2, 0.25) is 5.02 Å². The average molecular weight is 238 g/mol. The highest BCUT2D eigenvalue weighted by molar-refractivity contribution is 6.30. The predicted octanol–water partition coefficient (Wildman–Crippen LogP) is 1.68. The maximum atomic E-state index is 10.6. The summed E-state index contributed by atoms with van der Waals surface area (Å²) in [4.78, 5) is 11.9. The van der Waals surface area contributed by atoms with Gasteiger partial charge in [0, 0.05) is 5.02 Å². The maximum Gasteiger partial charge on any atom is 0.358 e. The molecular weight excluding hydrogens is 230 g/mol. The first kappa shape index (κ1) is 10.6. The van der Waals surface area contributed by atoms with Crippen LogP contribution in [0.4, 0.5) is 0 Å². The Labute approximate surface area is 96.3 Å². The van der Waals surface area contributed by atoms with Crippen molar-refractivity contribution in [3.05, 3.63) is 46.7 Å². The van der Waals surface area contributed by atoms with Crippen LogP contribution in [0.25, 0.3) is 0 Å². The molecule has 0 aliphatic carbocycles. The Morgan fingerprint density at radius 3 is 2.94 bits per heavy atom. The summed E-state index contributed by atoms with van der Waals surface area (Å²) >= 11 is 5.82. The molecule has 0 saturated carbocycles. The van der Waals surface area contributed by atoms with Gasteiger partial charge in [0.05, 0.1) is 12.7 Å². The van der Waals surface area contributed by atoms with Crippen molar-refractivity contribution in [3.63, 3.8) is 0 Å². The third-order valence-corrected chi connectivity index (χ3v) is 2.20. The number of benzene rings is 1. The minimum Gasteiger partial charge on any atom is -0.476 e. The Bertz CT molecular complexity index is 524. The number of halogens is 1. The lowest BCUT2D eigenvalue weighted by atomic mass is 10.2. The number of carbonyl (C=O) groups is 1. The lowest BCUT2D eigenvalue weighted by Crippen LogP contribution is -2.05. The molecular formula is C10H8ClN3O2. The van der Waals surface area contributed by atoms with Crippen molar-refractivity contribution in [1.29, 1.82) is 0 Å². The van der Waals surface area contributed by atoms with Gasteiger partial charge >= 0.3 is 5.97 Å². The summed E-state index contributed by atoms with van der Waals surface area (Å²) in [5.41, 5.74) is 0.849. The van der Waals surface area contributed by atoms with E-state index in [0.29, 0.717) is 11.6 Å². The molecule has 1 aromatic heterocycles. The second-order valence-corrected chi connectivity index (χ2v) is 3.63. The lowest BCUT2D eigenvalue weighted by molar-refractivity contribution is 0.0689. The normalized spacial score (nSPS) is 10.3. The zero-order valence-electron chi connectivity index (χ0n) is 8.17. The number of carboxylic acid groups (broad SMARTS) is 1. The van der Waals surface area contributed by atoms with E-state index >= 15 is 0 Å². The Kier molecular flexibility index (Phi) is 2.87. The molecule has 82 valence electrons. The van der Waals surface area contributed by atoms with Crippen molar-refractivity contribution in [2.24, 2.45) is 0 Å². The zero-order chi connectivity index (χ0) is 11.5. The summed E-state index contributed by atoms with van der Waals surface area (Å²) in [5.74, 6) is -1.09. The predicted molar refractivity (Wildman–Crippen MR) is 57.5 cm³/mol. The topological polar surface area (TPSA) is 68.0 Å². The molecule has 16 heavy (non-hydrogen) atoms. The molecule has 2 rings (SSSR count). The van der Waals surface area contributed by atoms with Crippen LogP contribution in [0.15, 0.2) is 30.5 Å². The molecule has 0 atom stereocenters. The third kappa shape index (κ3) is 2.38. The number of hydrogen-bond acceptors (Lipinski definition) is 3. The van der Waals surface area contributed by atoms with E-state index in [-0.39, 0.29) is 5.69 Å². The van der Waals surface area contributed by atoms with Crippen LogP contribution in [0.3, 0.4) is 0 Å². The summed E-state index contributed by atoms with van der Waals surface area (Å²) in [6.45, 7) is 0.397. The van der Waals surface area contributed by atoms with Gasteiger partial charge in [-0.25, -0.2) is 4.79 Å². The van der Waals surface area contributed by atoms with Gasteiger partial charge in [-0.2, -0.15) is 9.90 Å². The summed E-state index contributed by atoms with van der Waals surface area (Å²) in [6.07, 6.45) is 1.22. The van der Waals surface area contributed by atoms with Gasteiger partial charge in [0.15, 0.2) is 5.69 Å².